The predicted octanol–water partition coefficient (Wildman–Crippen LogP) is 5.29. The second-order valence-corrected chi connectivity index (χ2v) is 26.0. The predicted molar refractivity (Wildman–Crippen MR) is 298 cm³/mol. The lowest BCUT2D eigenvalue weighted by Crippen LogP contribution is -2.83. The lowest BCUT2D eigenvalue weighted by Gasteiger charge is -2.67. The van der Waals surface area contributed by atoms with Gasteiger partial charge in [0, 0.05) is 66.0 Å². The first-order valence-electron chi connectivity index (χ1n) is 29.2. The standard InChI is InChI=1S/C32H38O12.C32H36O12/c2*1-15-20-22(39-7)24(35)30(5)18(38-6)13-19-31(14-40-19,43-16(2)33)23(30)26(41-27(36)17-11-9-8-10-12-17)32(29(20,3)4)25(21(15)34)42-28(37)44-32/h8-12,18-19,21-23,25-26,34H,13-14H2,1-7H3;8-12,18-19,22-23,25-26H,13-14H2,1-7H3/t18-,19+,21+,22+,23-,25-,26-,30+,31-,32+;18-,19+,22+,23-,25-,26-,30+,31-,32+/m00/s1. The number of carbonyl (C=O) groups excluding carboxylic acids is 9. The first kappa shape index (κ1) is 62.7. The van der Waals surface area contributed by atoms with Gasteiger partial charge in [-0.05, 0) is 74.3 Å². The molecule has 2 spiro atoms. The Labute approximate surface area is 507 Å². The highest BCUT2D eigenvalue weighted by Crippen LogP contribution is 2.69. The molecular formula is C64H74O24. The SMILES string of the molecule is CO[C@H]1C(=O)[C@]2(C)[C@@H](OC)C[C@H]3OC[C@@]3(OC(C)=O)[C@H]2[C@H](OC(=O)c2ccccc2)[C@]23OC(=O)O[C@H]2C(=O)C(C)=C1C3(C)C.CO[C@H]1C(=O)[C@]2(C)[C@@H](OC)C[C@H]3OC[C@@]3(OC(C)=O)[C@H]2[C@H](OC(=O)c2ccccc2)[C@]23OC(=O)O[C@H]2[C@H](O)C(C)=C1C3(C)C. The fourth-order valence-corrected chi connectivity index (χ4v) is 17.6. The molecule has 0 radical (unpaired) electrons. The Bertz CT molecular complexity index is 3350. The summed E-state index contributed by atoms with van der Waals surface area (Å²) in [4.78, 5) is 124. The number of carbonyl (C=O) groups is 9. The van der Waals surface area contributed by atoms with Crippen LogP contribution in [0.2, 0.25) is 0 Å². The maximum atomic E-state index is 15.1. The summed E-state index contributed by atoms with van der Waals surface area (Å²) in [6, 6.07) is 16.3. The molecule has 88 heavy (non-hydrogen) atoms. The van der Waals surface area contributed by atoms with Crippen molar-refractivity contribution in [3.63, 3.8) is 0 Å². The summed E-state index contributed by atoms with van der Waals surface area (Å²) in [6.45, 7) is 15.6. The zero-order valence-corrected chi connectivity index (χ0v) is 51.4. The summed E-state index contributed by atoms with van der Waals surface area (Å²) in [5.74, 6) is -6.87. The van der Waals surface area contributed by atoms with Crippen LogP contribution in [-0.2, 0) is 90.3 Å². The topological polar surface area (TPSA) is 303 Å². The van der Waals surface area contributed by atoms with Crippen LogP contribution in [0.5, 0.6) is 0 Å². The van der Waals surface area contributed by atoms with E-state index in [-0.39, 0.29) is 48.3 Å². The van der Waals surface area contributed by atoms with Gasteiger partial charge in [-0.3, -0.25) is 24.0 Å². The van der Waals surface area contributed by atoms with Crippen molar-refractivity contribution in [3.8, 4) is 0 Å². The Morgan fingerprint density at radius 1 is 0.557 bits per heavy atom. The second-order valence-electron chi connectivity index (χ2n) is 26.0. The minimum Gasteiger partial charge on any atom is -0.454 e. The van der Waals surface area contributed by atoms with Crippen LogP contribution in [0.15, 0.2) is 83.0 Å². The highest BCUT2D eigenvalue weighted by Gasteiger charge is 2.85. The lowest BCUT2D eigenvalue weighted by molar-refractivity contribution is -0.347. The van der Waals surface area contributed by atoms with Gasteiger partial charge in [0.05, 0.1) is 59.2 Å². The van der Waals surface area contributed by atoms with Crippen molar-refractivity contribution in [1.82, 2.24) is 0 Å². The largest absolute Gasteiger partial charge is 0.510 e. The van der Waals surface area contributed by atoms with Crippen LogP contribution in [0.4, 0.5) is 9.59 Å². The number of hydrogen-bond acceptors (Lipinski definition) is 24. The zero-order chi connectivity index (χ0) is 64.0. The van der Waals surface area contributed by atoms with Crippen molar-refractivity contribution in [2.24, 2.45) is 33.5 Å². The molecule has 4 saturated carbocycles. The number of rotatable bonds is 10. The highest BCUT2D eigenvalue weighted by atomic mass is 16.8. The van der Waals surface area contributed by atoms with Gasteiger partial charge in [0.2, 0.25) is 23.1 Å². The first-order valence-corrected chi connectivity index (χ1v) is 29.2. The number of ether oxygens (including phenoxy) is 14. The van der Waals surface area contributed by atoms with Gasteiger partial charge < -0.3 is 71.4 Å². The summed E-state index contributed by atoms with van der Waals surface area (Å²) in [6.07, 6.45) is -15.1. The number of hydrogen-bond donors (Lipinski definition) is 1. The molecule has 6 aliphatic carbocycles. The molecule has 1 N–H and O–H groups in total. The van der Waals surface area contributed by atoms with Gasteiger partial charge in [0.1, 0.15) is 30.5 Å². The van der Waals surface area contributed by atoms with Crippen LogP contribution in [0, 0.1) is 33.5 Å². The molecule has 24 nitrogen and oxygen atoms in total. The average molecular weight is 1230 g/mol. The quantitative estimate of drug-likeness (QED) is 0.179. The van der Waals surface area contributed by atoms with Gasteiger partial charge in [-0.1, -0.05) is 64.1 Å². The number of Topliss-reactive ketones (excluding diaryl/α,β-unsaturated/α-hetero) is 3. The number of fused-ring (bicyclic) bond motifs is 8. The third-order valence-electron chi connectivity index (χ3n) is 21.6. The monoisotopic (exact) mass is 1230 g/mol. The molecule has 24 heteroatoms. The van der Waals surface area contributed by atoms with E-state index in [1.165, 1.54) is 42.3 Å². The van der Waals surface area contributed by atoms with Gasteiger partial charge in [0.15, 0.2) is 41.1 Å². The molecule has 0 aromatic heterocycles. The molecule has 4 aliphatic heterocycles. The Morgan fingerprint density at radius 3 is 1.38 bits per heavy atom. The Balaban J connectivity index is 0.000000182. The summed E-state index contributed by atoms with van der Waals surface area (Å²) in [5, 5.41) is 11.7. The zero-order valence-electron chi connectivity index (χ0n) is 51.4. The minimum atomic E-state index is -2.02. The molecule has 4 bridgehead atoms. The Morgan fingerprint density at radius 2 is 0.966 bits per heavy atom. The van der Waals surface area contributed by atoms with E-state index in [0.29, 0.717) is 11.1 Å². The number of aliphatic hydroxyl groups excluding tert-OH is 1. The maximum absolute atomic E-state index is 15.1. The van der Waals surface area contributed by atoms with Gasteiger partial charge in [0.25, 0.3) is 0 Å². The molecule has 2 aromatic carbocycles. The fraction of sp³-hybridized carbons (Fsp3) is 0.609. The van der Waals surface area contributed by atoms with Crippen molar-refractivity contribution in [1.29, 1.82) is 0 Å². The van der Waals surface area contributed by atoms with E-state index in [2.05, 4.69) is 0 Å². The minimum absolute atomic E-state index is 0.126. The molecule has 4 heterocycles. The molecule has 0 amide bonds. The fourth-order valence-electron chi connectivity index (χ4n) is 17.6. The third kappa shape index (κ3) is 8.16. The molecular weight excluding hydrogens is 1150 g/mol. The van der Waals surface area contributed by atoms with Gasteiger partial charge in [-0.15, -0.1) is 0 Å². The third-order valence-corrected chi connectivity index (χ3v) is 21.6. The van der Waals surface area contributed by atoms with Crippen molar-refractivity contribution in [2.45, 2.75) is 172 Å². The molecule has 10 aliphatic rings. The van der Waals surface area contributed by atoms with E-state index in [9.17, 15) is 38.7 Å². The normalized spacial score (nSPS) is 41.0. The number of methoxy groups -OCH3 is 4. The molecule has 0 unspecified atom stereocenters. The molecule has 8 fully saturated rings. The summed E-state index contributed by atoms with van der Waals surface area (Å²) in [7, 11) is 5.65. The van der Waals surface area contributed by atoms with Crippen LogP contribution >= 0.6 is 0 Å². The first-order chi connectivity index (χ1) is 41.4. The summed E-state index contributed by atoms with van der Waals surface area (Å²) in [5.41, 5.74) is -11.3. The smallest absolute Gasteiger partial charge is 0.454 e. The van der Waals surface area contributed by atoms with E-state index in [0.717, 1.165) is 0 Å². The number of aliphatic hydroxyl groups is 1. The maximum Gasteiger partial charge on any atom is 0.510 e. The van der Waals surface area contributed by atoms with Gasteiger partial charge in [-0.25, -0.2) is 19.2 Å². The number of esters is 4. The molecule has 474 valence electrons. The van der Waals surface area contributed by atoms with Gasteiger partial charge in [-0.2, -0.15) is 0 Å². The van der Waals surface area contributed by atoms with Crippen LogP contribution in [-0.4, -0.2) is 190 Å². The van der Waals surface area contributed by atoms with Crippen molar-refractivity contribution in [2.75, 3.05) is 41.7 Å². The summed E-state index contributed by atoms with van der Waals surface area (Å²) >= 11 is 0. The van der Waals surface area contributed by atoms with Crippen LogP contribution < -0.4 is 0 Å². The van der Waals surface area contributed by atoms with Crippen LogP contribution in [0.3, 0.4) is 0 Å². The van der Waals surface area contributed by atoms with Crippen molar-refractivity contribution in [3.05, 3.63) is 94.1 Å². The van der Waals surface area contributed by atoms with Crippen LogP contribution in [0.1, 0.15) is 103 Å². The Kier molecular flexibility index (Phi) is 15.2. The lowest BCUT2D eigenvalue weighted by atomic mass is 9.44. The van der Waals surface area contributed by atoms with Crippen LogP contribution in [0.25, 0.3) is 0 Å². The van der Waals surface area contributed by atoms with Crippen molar-refractivity contribution < 1.29 is 115 Å². The summed E-state index contributed by atoms with van der Waals surface area (Å²) < 4.78 is 84.3. The number of ketones is 3. The second kappa shape index (κ2) is 21.4. The molecule has 12 rings (SSSR count). The van der Waals surface area contributed by atoms with E-state index in [1.54, 1.807) is 116 Å². The van der Waals surface area contributed by atoms with E-state index in [4.69, 9.17) is 66.3 Å². The highest BCUT2D eigenvalue weighted by molar-refractivity contribution is 6.06. The van der Waals surface area contributed by atoms with Gasteiger partial charge >= 0.3 is 36.2 Å². The molecule has 19 atom stereocenters. The number of benzene rings is 2. The van der Waals surface area contributed by atoms with E-state index < -0.39 is 177 Å². The Hall–Kier alpha value is -6.93. The molecule has 4 saturated heterocycles. The van der Waals surface area contributed by atoms with E-state index in [1.807, 2.05) is 0 Å². The molecule has 2 aromatic rings. The van der Waals surface area contributed by atoms with E-state index >= 15 is 9.59 Å². The average Bonchev–Trinajstić information content (AvgIpc) is 0.939. The van der Waals surface area contributed by atoms with Crippen molar-refractivity contribution >= 4 is 53.5 Å².